The van der Waals surface area contributed by atoms with Gasteiger partial charge in [-0.05, 0) is 37.4 Å². The molecule has 6 nitrogen and oxygen atoms in total. The van der Waals surface area contributed by atoms with Gasteiger partial charge in [0.15, 0.2) is 0 Å². The highest BCUT2D eigenvalue weighted by Crippen LogP contribution is 2.13. The molecule has 1 atom stereocenters. The van der Waals surface area contributed by atoms with Gasteiger partial charge in [-0.2, -0.15) is 0 Å². The van der Waals surface area contributed by atoms with Crippen LogP contribution < -0.4 is 10.5 Å². The van der Waals surface area contributed by atoms with Gasteiger partial charge in [0.2, 0.25) is 5.09 Å². The van der Waals surface area contributed by atoms with Crippen LogP contribution in [0.15, 0.2) is 21.6 Å². The fourth-order valence-electron chi connectivity index (χ4n) is 1.94. The summed E-state index contributed by atoms with van der Waals surface area (Å²) in [4.78, 5) is 0. The highest BCUT2D eigenvalue weighted by molar-refractivity contribution is 7.89. The van der Waals surface area contributed by atoms with E-state index in [4.69, 9.17) is 14.7 Å². The van der Waals surface area contributed by atoms with E-state index in [1.807, 2.05) is 0 Å². The van der Waals surface area contributed by atoms with Gasteiger partial charge in [0.05, 0.1) is 6.54 Å². The van der Waals surface area contributed by atoms with Crippen molar-refractivity contribution in [1.29, 1.82) is 0 Å². The third kappa shape index (κ3) is 5.73. The van der Waals surface area contributed by atoms with Crippen molar-refractivity contribution in [2.45, 2.75) is 37.8 Å². The molecule has 0 aliphatic rings. The van der Waals surface area contributed by atoms with E-state index in [9.17, 15) is 8.42 Å². The first-order valence-corrected chi connectivity index (χ1v) is 7.95. The predicted octanol–water partition coefficient (Wildman–Crippen LogP) is 0.815. The van der Waals surface area contributed by atoms with Crippen LogP contribution in [0, 0.1) is 5.92 Å². The molecule has 7 heteroatoms. The van der Waals surface area contributed by atoms with Crippen LogP contribution in [-0.2, 0) is 16.6 Å². The average Bonchev–Trinajstić information content (AvgIpc) is 2.78. The SMILES string of the molecule is CCCC(CCO)CNCc1ccc(S(N)(=O)=O)o1. The molecule has 1 rings (SSSR count). The zero-order valence-electron chi connectivity index (χ0n) is 11.1. The maximum Gasteiger partial charge on any atom is 0.271 e. The van der Waals surface area contributed by atoms with E-state index >= 15 is 0 Å². The number of nitrogens with two attached hydrogens (primary N) is 1. The van der Waals surface area contributed by atoms with Crippen LogP contribution in [0.1, 0.15) is 31.9 Å². The van der Waals surface area contributed by atoms with Crippen LogP contribution >= 0.6 is 0 Å². The summed E-state index contributed by atoms with van der Waals surface area (Å²) in [5.41, 5.74) is 0. The number of hydrogen-bond donors (Lipinski definition) is 3. The van der Waals surface area contributed by atoms with Crippen molar-refractivity contribution in [2.75, 3.05) is 13.2 Å². The molecule has 1 aromatic heterocycles. The van der Waals surface area contributed by atoms with Crippen molar-refractivity contribution in [3.8, 4) is 0 Å². The molecule has 4 N–H and O–H groups in total. The van der Waals surface area contributed by atoms with Crippen molar-refractivity contribution in [3.05, 3.63) is 17.9 Å². The Hall–Kier alpha value is -0.890. The molecule has 19 heavy (non-hydrogen) atoms. The Morgan fingerprint density at radius 3 is 2.68 bits per heavy atom. The van der Waals surface area contributed by atoms with Gasteiger partial charge in [0.1, 0.15) is 5.76 Å². The Bertz CT molecular complexity index is 464. The number of furan rings is 1. The number of rotatable bonds is 9. The van der Waals surface area contributed by atoms with E-state index in [2.05, 4.69) is 12.2 Å². The van der Waals surface area contributed by atoms with Gasteiger partial charge >= 0.3 is 0 Å². The third-order valence-electron chi connectivity index (χ3n) is 2.88. The van der Waals surface area contributed by atoms with Crippen LogP contribution in [0.2, 0.25) is 0 Å². The topological polar surface area (TPSA) is 106 Å². The standard InChI is InChI=1S/C12H22N2O4S/c1-2-3-10(6-7-15)8-14-9-11-4-5-12(18-11)19(13,16)17/h4-5,10,14-15H,2-3,6-9H2,1H3,(H2,13,16,17). The molecule has 1 aromatic rings. The molecular weight excluding hydrogens is 268 g/mol. The first-order valence-electron chi connectivity index (χ1n) is 6.40. The molecule has 0 saturated carbocycles. The van der Waals surface area contributed by atoms with Crippen molar-refractivity contribution < 1.29 is 17.9 Å². The summed E-state index contributed by atoms with van der Waals surface area (Å²) < 4.78 is 27.2. The third-order valence-corrected chi connectivity index (χ3v) is 3.66. The molecule has 0 bridgehead atoms. The molecule has 0 radical (unpaired) electrons. The fraction of sp³-hybridized carbons (Fsp3) is 0.667. The van der Waals surface area contributed by atoms with Gasteiger partial charge in [-0.15, -0.1) is 0 Å². The first-order chi connectivity index (χ1) is 8.97. The maximum atomic E-state index is 11.0. The molecule has 0 fully saturated rings. The average molecular weight is 290 g/mol. The summed E-state index contributed by atoms with van der Waals surface area (Å²) in [5, 5.41) is 16.9. The molecule has 0 spiro atoms. The fourth-order valence-corrected chi connectivity index (χ4v) is 2.43. The highest BCUT2D eigenvalue weighted by Gasteiger charge is 2.13. The summed E-state index contributed by atoms with van der Waals surface area (Å²) in [5.74, 6) is 0.950. The second-order valence-electron chi connectivity index (χ2n) is 4.56. The Morgan fingerprint density at radius 2 is 2.16 bits per heavy atom. The minimum absolute atomic E-state index is 0.183. The normalized spacial score (nSPS) is 13.6. The van der Waals surface area contributed by atoms with Gasteiger partial charge in [-0.3, -0.25) is 0 Å². The quantitative estimate of drug-likeness (QED) is 0.624. The lowest BCUT2D eigenvalue weighted by molar-refractivity contribution is 0.247. The van der Waals surface area contributed by atoms with Crippen molar-refractivity contribution >= 4 is 10.0 Å². The van der Waals surface area contributed by atoms with Gasteiger partial charge < -0.3 is 14.8 Å². The van der Waals surface area contributed by atoms with E-state index in [1.165, 1.54) is 6.07 Å². The van der Waals surface area contributed by atoms with Crippen LogP contribution in [0.5, 0.6) is 0 Å². The molecule has 0 saturated heterocycles. The van der Waals surface area contributed by atoms with Gasteiger partial charge in [0, 0.05) is 6.61 Å². The molecule has 1 unspecified atom stereocenters. The first kappa shape index (κ1) is 16.2. The second-order valence-corrected chi connectivity index (χ2v) is 6.06. The van der Waals surface area contributed by atoms with E-state index in [1.54, 1.807) is 6.07 Å². The molecule has 110 valence electrons. The summed E-state index contributed by atoms with van der Waals surface area (Å²) >= 11 is 0. The van der Waals surface area contributed by atoms with Crippen molar-refractivity contribution in [1.82, 2.24) is 5.32 Å². The predicted molar refractivity (Wildman–Crippen MR) is 71.9 cm³/mol. The van der Waals surface area contributed by atoms with Crippen molar-refractivity contribution in [2.24, 2.45) is 11.1 Å². The molecule has 0 aromatic carbocycles. The molecule has 1 heterocycles. The second kappa shape index (κ2) is 7.64. The molecule has 0 aliphatic heterocycles. The number of nitrogens with one attached hydrogen (secondary N) is 1. The zero-order valence-corrected chi connectivity index (χ0v) is 11.9. The zero-order chi connectivity index (χ0) is 14.3. The smallest absolute Gasteiger partial charge is 0.271 e. The summed E-state index contributed by atoms with van der Waals surface area (Å²) in [6.45, 7) is 3.50. The number of sulfonamides is 1. The lowest BCUT2D eigenvalue weighted by atomic mass is 10.0. The van der Waals surface area contributed by atoms with Crippen LogP contribution in [0.25, 0.3) is 0 Å². The van der Waals surface area contributed by atoms with E-state index in [0.29, 0.717) is 18.2 Å². The van der Waals surface area contributed by atoms with E-state index in [-0.39, 0.29) is 11.7 Å². The van der Waals surface area contributed by atoms with Gasteiger partial charge in [0.25, 0.3) is 10.0 Å². The maximum absolute atomic E-state index is 11.0. The number of hydrogen-bond acceptors (Lipinski definition) is 5. The highest BCUT2D eigenvalue weighted by atomic mass is 32.2. The lowest BCUT2D eigenvalue weighted by Crippen LogP contribution is -2.23. The minimum Gasteiger partial charge on any atom is -0.447 e. The Labute approximate surface area is 114 Å². The van der Waals surface area contributed by atoms with Crippen molar-refractivity contribution in [3.63, 3.8) is 0 Å². The number of primary sulfonamides is 1. The summed E-state index contributed by atoms with van der Waals surface area (Å²) in [7, 11) is -3.77. The summed E-state index contributed by atoms with van der Waals surface area (Å²) in [6, 6.07) is 2.94. The van der Waals surface area contributed by atoms with E-state index < -0.39 is 10.0 Å². The lowest BCUT2D eigenvalue weighted by Gasteiger charge is -2.14. The van der Waals surface area contributed by atoms with Gasteiger partial charge in [-0.25, -0.2) is 13.6 Å². The van der Waals surface area contributed by atoms with Gasteiger partial charge in [-0.1, -0.05) is 13.3 Å². The van der Waals surface area contributed by atoms with E-state index in [0.717, 1.165) is 25.8 Å². The monoisotopic (exact) mass is 290 g/mol. The Morgan fingerprint density at radius 1 is 1.42 bits per heavy atom. The molecular formula is C12H22N2O4S. The molecule has 0 aliphatic carbocycles. The molecule has 0 amide bonds. The largest absolute Gasteiger partial charge is 0.447 e. The minimum atomic E-state index is -3.77. The Balaban J connectivity index is 2.42. The Kier molecular flexibility index (Phi) is 6.50. The number of aliphatic hydroxyl groups is 1. The number of aliphatic hydroxyl groups excluding tert-OH is 1. The van der Waals surface area contributed by atoms with Crippen LogP contribution in [0.4, 0.5) is 0 Å². The van der Waals surface area contributed by atoms with Crippen LogP contribution in [-0.4, -0.2) is 26.7 Å². The summed E-state index contributed by atoms with van der Waals surface area (Å²) in [6.07, 6.45) is 2.89. The van der Waals surface area contributed by atoms with Crippen LogP contribution in [0.3, 0.4) is 0 Å².